The molecule has 0 saturated carbocycles. The summed E-state index contributed by atoms with van der Waals surface area (Å²) in [5.41, 5.74) is 3.02. The molecule has 0 unspecified atom stereocenters. The number of fused-ring (bicyclic) bond motifs is 2. The topological polar surface area (TPSA) is 58.2 Å². The summed E-state index contributed by atoms with van der Waals surface area (Å²) in [6.45, 7) is 0.829. The predicted octanol–water partition coefficient (Wildman–Crippen LogP) is 5.85. The first-order valence-electron chi connectivity index (χ1n) is 11.3. The van der Waals surface area contributed by atoms with Gasteiger partial charge in [0.15, 0.2) is 0 Å². The minimum absolute atomic E-state index is 0.211. The molecule has 4 nitrogen and oxygen atoms in total. The molecule has 0 aliphatic rings. The van der Waals surface area contributed by atoms with E-state index in [2.05, 4.69) is 47.0 Å². The van der Waals surface area contributed by atoms with Crippen LogP contribution >= 0.6 is 0 Å². The van der Waals surface area contributed by atoms with E-state index in [1.807, 2.05) is 48.5 Å². The standard InChI is InChI=1S/C30H24N2O2/c33-29(31-19-25-14-5-10-21-8-1-3-16-27(21)25)23-12-7-13-24(18-23)30(34)32-20-26-15-6-11-22-9-2-4-17-28(22)26/h1-18H,19-20H2,(H,31,33)(H,32,34). The molecule has 0 radical (unpaired) electrons. The van der Waals surface area contributed by atoms with Crippen molar-refractivity contribution in [2.45, 2.75) is 13.1 Å². The van der Waals surface area contributed by atoms with Crippen molar-refractivity contribution < 1.29 is 9.59 Å². The summed E-state index contributed by atoms with van der Waals surface area (Å²) < 4.78 is 0. The van der Waals surface area contributed by atoms with Crippen LogP contribution in [-0.4, -0.2) is 11.8 Å². The molecule has 0 heterocycles. The fraction of sp³-hybridized carbons (Fsp3) is 0.0667. The Morgan fingerprint density at radius 2 is 0.912 bits per heavy atom. The summed E-state index contributed by atoms with van der Waals surface area (Å²) in [4.78, 5) is 25.6. The number of benzene rings is 5. The number of carbonyl (C=O) groups excluding carboxylic acids is 2. The summed E-state index contributed by atoms with van der Waals surface area (Å²) >= 11 is 0. The van der Waals surface area contributed by atoms with Crippen LogP contribution < -0.4 is 10.6 Å². The van der Waals surface area contributed by atoms with Crippen LogP contribution in [0, 0.1) is 0 Å². The molecule has 0 fully saturated rings. The molecule has 0 aliphatic carbocycles. The van der Waals surface area contributed by atoms with Gasteiger partial charge in [-0.15, -0.1) is 0 Å². The van der Waals surface area contributed by atoms with Gasteiger partial charge in [0.1, 0.15) is 0 Å². The number of nitrogens with one attached hydrogen (secondary N) is 2. The van der Waals surface area contributed by atoms with Crippen LogP contribution in [-0.2, 0) is 13.1 Å². The molecule has 166 valence electrons. The van der Waals surface area contributed by atoms with Crippen molar-refractivity contribution in [3.8, 4) is 0 Å². The van der Waals surface area contributed by atoms with E-state index in [1.54, 1.807) is 24.3 Å². The van der Waals surface area contributed by atoms with Gasteiger partial charge >= 0.3 is 0 Å². The SMILES string of the molecule is O=C(NCc1cccc2ccccc12)c1cccc(C(=O)NCc2cccc3ccccc23)c1. The smallest absolute Gasteiger partial charge is 0.251 e. The van der Waals surface area contributed by atoms with E-state index in [9.17, 15) is 9.59 Å². The van der Waals surface area contributed by atoms with Gasteiger partial charge in [-0.2, -0.15) is 0 Å². The molecular formula is C30H24N2O2. The Morgan fingerprint density at radius 3 is 1.41 bits per heavy atom. The van der Waals surface area contributed by atoms with Gasteiger partial charge in [0.2, 0.25) is 0 Å². The van der Waals surface area contributed by atoms with Crippen LogP contribution in [0.15, 0.2) is 109 Å². The summed E-state index contributed by atoms with van der Waals surface area (Å²) in [6.07, 6.45) is 0. The lowest BCUT2D eigenvalue weighted by Gasteiger charge is -2.11. The van der Waals surface area contributed by atoms with E-state index in [1.165, 1.54) is 0 Å². The first-order chi connectivity index (χ1) is 16.7. The second-order valence-corrected chi connectivity index (χ2v) is 8.22. The van der Waals surface area contributed by atoms with Crippen molar-refractivity contribution in [1.29, 1.82) is 0 Å². The van der Waals surface area contributed by atoms with Crippen molar-refractivity contribution in [3.63, 3.8) is 0 Å². The minimum atomic E-state index is -0.211. The van der Waals surface area contributed by atoms with Crippen molar-refractivity contribution in [1.82, 2.24) is 10.6 Å². The molecule has 5 aromatic rings. The lowest BCUT2D eigenvalue weighted by molar-refractivity contribution is 0.0950. The Labute approximate surface area is 198 Å². The Hall–Kier alpha value is -4.44. The zero-order valence-corrected chi connectivity index (χ0v) is 18.6. The van der Waals surface area contributed by atoms with Gasteiger partial charge in [-0.3, -0.25) is 9.59 Å². The number of rotatable bonds is 6. The third-order valence-electron chi connectivity index (χ3n) is 6.03. The number of amides is 2. The fourth-order valence-electron chi connectivity index (χ4n) is 4.25. The molecule has 34 heavy (non-hydrogen) atoms. The van der Waals surface area contributed by atoms with E-state index in [-0.39, 0.29) is 11.8 Å². The average molecular weight is 445 g/mol. The van der Waals surface area contributed by atoms with E-state index in [0.717, 1.165) is 32.7 Å². The zero-order chi connectivity index (χ0) is 23.3. The number of carbonyl (C=O) groups is 2. The molecule has 0 saturated heterocycles. The molecule has 4 heteroatoms. The van der Waals surface area contributed by atoms with Gasteiger partial charge in [0.05, 0.1) is 0 Å². The molecular weight excluding hydrogens is 420 g/mol. The minimum Gasteiger partial charge on any atom is -0.348 e. The van der Waals surface area contributed by atoms with E-state index >= 15 is 0 Å². The van der Waals surface area contributed by atoms with Crippen LogP contribution in [0.2, 0.25) is 0 Å². The molecule has 0 aromatic heterocycles. The van der Waals surface area contributed by atoms with Gasteiger partial charge < -0.3 is 10.6 Å². The molecule has 0 atom stereocenters. The molecule has 2 amide bonds. The van der Waals surface area contributed by atoms with Gasteiger partial charge in [-0.1, -0.05) is 91.0 Å². The zero-order valence-electron chi connectivity index (χ0n) is 18.6. The molecule has 0 aliphatic heterocycles. The fourth-order valence-corrected chi connectivity index (χ4v) is 4.25. The highest BCUT2D eigenvalue weighted by molar-refractivity contribution is 6.00. The summed E-state index contributed by atoms with van der Waals surface area (Å²) in [6, 6.07) is 35.1. The van der Waals surface area contributed by atoms with Crippen LogP contribution in [0.4, 0.5) is 0 Å². The Balaban J connectivity index is 1.26. The van der Waals surface area contributed by atoms with Crippen LogP contribution in [0.5, 0.6) is 0 Å². The summed E-state index contributed by atoms with van der Waals surface area (Å²) in [5.74, 6) is -0.423. The largest absolute Gasteiger partial charge is 0.348 e. The van der Waals surface area contributed by atoms with Crippen molar-refractivity contribution in [3.05, 3.63) is 131 Å². The highest BCUT2D eigenvalue weighted by atomic mass is 16.2. The Morgan fingerprint density at radius 1 is 0.500 bits per heavy atom. The Bertz CT molecular complexity index is 1390. The highest BCUT2D eigenvalue weighted by Crippen LogP contribution is 2.19. The maximum absolute atomic E-state index is 12.8. The first kappa shape index (κ1) is 21.4. The van der Waals surface area contributed by atoms with Gasteiger partial charge in [-0.05, 0) is 50.9 Å². The molecule has 5 rings (SSSR count). The summed E-state index contributed by atoms with van der Waals surface area (Å²) in [5, 5.41) is 10.5. The van der Waals surface area contributed by atoms with Gasteiger partial charge in [-0.25, -0.2) is 0 Å². The number of hydrogen-bond donors (Lipinski definition) is 2. The van der Waals surface area contributed by atoms with E-state index < -0.39 is 0 Å². The molecule has 0 bridgehead atoms. The van der Waals surface area contributed by atoms with E-state index in [0.29, 0.717) is 24.2 Å². The third-order valence-corrected chi connectivity index (χ3v) is 6.03. The normalized spacial score (nSPS) is 10.8. The molecule has 5 aromatic carbocycles. The van der Waals surface area contributed by atoms with Crippen LogP contribution in [0.3, 0.4) is 0 Å². The lowest BCUT2D eigenvalue weighted by atomic mass is 10.0. The highest BCUT2D eigenvalue weighted by Gasteiger charge is 2.12. The second-order valence-electron chi connectivity index (χ2n) is 8.22. The lowest BCUT2D eigenvalue weighted by Crippen LogP contribution is -2.25. The van der Waals surface area contributed by atoms with Crippen LogP contribution in [0.1, 0.15) is 31.8 Å². The quantitative estimate of drug-likeness (QED) is 0.345. The van der Waals surface area contributed by atoms with Crippen molar-refractivity contribution in [2.24, 2.45) is 0 Å². The van der Waals surface area contributed by atoms with Gasteiger partial charge in [0.25, 0.3) is 11.8 Å². The number of hydrogen-bond acceptors (Lipinski definition) is 2. The summed E-state index contributed by atoms with van der Waals surface area (Å²) in [7, 11) is 0. The third kappa shape index (κ3) is 4.52. The van der Waals surface area contributed by atoms with Crippen LogP contribution in [0.25, 0.3) is 21.5 Å². The predicted molar refractivity (Wildman–Crippen MR) is 137 cm³/mol. The van der Waals surface area contributed by atoms with Crippen molar-refractivity contribution in [2.75, 3.05) is 0 Å². The monoisotopic (exact) mass is 444 g/mol. The molecule has 0 spiro atoms. The Kier molecular flexibility index (Phi) is 6.04. The molecule has 2 N–H and O–H groups in total. The average Bonchev–Trinajstić information content (AvgIpc) is 2.90. The first-order valence-corrected chi connectivity index (χ1v) is 11.3. The van der Waals surface area contributed by atoms with Crippen molar-refractivity contribution >= 4 is 33.4 Å². The maximum atomic E-state index is 12.8. The van der Waals surface area contributed by atoms with E-state index in [4.69, 9.17) is 0 Å². The van der Waals surface area contributed by atoms with Gasteiger partial charge in [0, 0.05) is 24.2 Å². The second kappa shape index (κ2) is 9.59. The maximum Gasteiger partial charge on any atom is 0.251 e.